The molecule has 0 atom stereocenters. The Labute approximate surface area is 263 Å². The number of aromatic nitrogens is 1. The van der Waals surface area contributed by atoms with Crippen LogP contribution in [0.25, 0.3) is 22.4 Å². The van der Waals surface area contributed by atoms with E-state index in [1.54, 1.807) is 0 Å². The maximum atomic E-state index is 4.54. The molecule has 1 aromatic heterocycles. The number of nitrogens with zero attached hydrogens (tertiary/aromatic N) is 3. The van der Waals surface area contributed by atoms with Crippen LogP contribution >= 0.6 is 0 Å². The first-order chi connectivity index (χ1) is 22.3. The highest BCUT2D eigenvalue weighted by atomic mass is 15.2. The molecule has 0 fully saturated rings. The molecule has 3 heterocycles. The molecule has 4 heteroatoms. The van der Waals surface area contributed by atoms with Crippen molar-refractivity contribution >= 4 is 57.2 Å². The van der Waals surface area contributed by atoms with Crippen molar-refractivity contribution in [1.82, 2.24) is 4.98 Å². The molecule has 210 valence electrons. The van der Waals surface area contributed by atoms with Gasteiger partial charge >= 0.3 is 0 Å². The van der Waals surface area contributed by atoms with Crippen LogP contribution in [0, 0.1) is 0 Å². The van der Waals surface area contributed by atoms with Crippen LogP contribution in [-0.4, -0.2) is 11.7 Å². The van der Waals surface area contributed by atoms with Crippen molar-refractivity contribution < 1.29 is 0 Å². The summed E-state index contributed by atoms with van der Waals surface area (Å²) in [5.41, 5.74) is 15.6. The van der Waals surface area contributed by atoms with Crippen molar-refractivity contribution in [2.75, 3.05) is 9.80 Å². The van der Waals surface area contributed by atoms with E-state index < -0.39 is 0 Å². The summed E-state index contributed by atoms with van der Waals surface area (Å²) in [5.74, 6) is 0. The van der Waals surface area contributed by atoms with Gasteiger partial charge in [-0.05, 0) is 88.2 Å². The van der Waals surface area contributed by atoms with Gasteiger partial charge in [-0.25, -0.2) is 0 Å². The standard InChI is InChI=1S/C41H28BN3/c1-3-12-32(13-4-1)44-37-18-8-7-16-34(37)42-35-26-25-31(29-21-23-30(24-22-29)36-17-9-10-27-43-36)28-40(35)45(33-14-5-2-6-15-33)39-20-11-19-38(44)41(39)42/h1-28H. The number of hydrogen-bond donors (Lipinski definition) is 0. The number of anilines is 6. The minimum Gasteiger partial charge on any atom is -0.311 e. The van der Waals surface area contributed by atoms with Gasteiger partial charge in [-0.3, -0.25) is 4.98 Å². The molecule has 0 saturated carbocycles. The van der Waals surface area contributed by atoms with Crippen LogP contribution < -0.4 is 26.2 Å². The highest BCUT2D eigenvalue weighted by Gasteiger charge is 2.42. The molecule has 0 amide bonds. The van der Waals surface area contributed by atoms with Gasteiger partial charge in [-0.1, -0.05) is 103 Å². The fourth-order valence-electron chi connectivity index (χ4n) is 7.14. The smallest absolute Gasteiger partial charge is 0.252 e. The summed E-state index contributed by atoms with van der Waals surface area (Å²) in [4.78, 5) is 9.42. The Morgan fingerprint density at radius 2 is 0.956 bits per heavy atom. The fraction of sp³-hybridized carbons (Fsp3) is 0. The molecule has 0 spiro atoms. The molecular formula is C41H28BN3. The van der Waals surface area contributed by atoms with Crippen LogP contribution in [0.4, 0.5) is 34.1 Å². The third-order valence-electron chi connectivity index (χ3n) is 9.11. The third kappa shape index (κ3) is 4.11. The zero-order valence-electron chi connectivity index (χ0n) is 24.6. The van der Waals surface area contributed by atoms with Gasteiger partial charge < -0.3 is 9.80 Å². The second kappa shape index (κ2) is 10.4. The Bertz CT molecular complexity index is 2160. The van der Waals surface area contributed by atoms with Gasteiger partial charge in [0.25, 0.3) is 6.71 Å². The van der Waals surface area contributed by atoms with Crippen LogP contribution in [0.3, 0.4) is 0 Å². The van der Waals surface area contributed by atoms with E-state index in [9.17, 15) is 0 Å². The Kier molecular flexibility index (Phi) is 5.92. The van der Waals surface area contributed by atoms with E-state index in [1.807, 2.05) is 18.3 Å². The highest BCUT2D eigenvalue weighted by molar-refractivity contribution is 7.00. The van der Waals surface area contributed by atoms with E-state index >= 15 is 0 Å². The molecule has 2 aliphatic rings. The van der Waals surface area contributed by atoms with Crippen molar-refractivity contribution in [3.63, 3.8) is 0 Å². The summed E-state index contributed by atoms with van der Waals surface area (Å²) in [6, 6.07) is 59.0. The van der Waals surface area contributed by atoms with Gasteiger partial charge in [0.2, 0.25) is 0 Å². The van der Waals surface area contributed by atoms with Gasteiger partial charge in [-0.15, -0.1) is 0 Å². The first-order valence-electron chi connectivity index (χ1n) is 15.4. The highest BCUT2D eigenvalue weighted by Crippen LogP contribution is 2.44. The minimum atomic E-state index is 0.114. The van der Waals surface area contributed by atoms with Gasteiger partial charge in [0.1, 0.15) is 0 Å². The van der Waals surface area contributed by atoms with Crippen molar-refractivity contribution in [2.45, 2.75) is 0 Å². The number of pyridine rings is 1. The van der Waals surface area contributed by atoms with Crippen LogP contribution in [0.5, 0.6) is 0 Å². The molecule has 45 heavy (non-hydrogen) atoms. The lowest BCUT2D eigenvalue weighted by molar-refractivity contribution is 1.25. The maximum Gasteiger partial charge on any atom is 0.252 e. The van der Waals surface area contributed by atoms with Crippen molar-refractivity contribution in [3.05, 3.63) is 170 Å². The molecule has 2 aliphatic heterocycles. The predicted molar refractivity (Wildman–Crippen MR) is 189 cm³/mol. The fourth-order valence-corrected chi connectivity index (χ4v) is 7.14. The van der Waals surface area contributed by atoms with E-state index in [0.717, 1.165) is 16.9 Å². The molecule has 0 radical (unpaired) electrons. The quantitative estimate of drug-likeness (QED) is 0.197. The van der Waals surface area contributed by atoms with Crippen molar-refractivity contribution in [3.8, 4) is 22.4 Å². The zero-order chi connectivity index (χ0) is 29.7. The predicted octanol–water partition coefficient (Wildman–Crippen LogP) is 8.50. The van der Waals surface area contributed by atoms with Crippen molar-refractivity contribution in [2.24, 2.45) is 0 Å². The van der Waals surface area contributed by atoms with E-state index in [0.29, 0.717) is 0 Å². The lowest BCUT2D eigenvalue weighted by atomic mass is 9.33. The van der Waals surface area contributed by atoms with Crippen molar-refractivity contribution in [1.29, 1.82) is 0 Å². The SMILES string of the molecule is c1ccc(N2c3ccccc3B3c4ccc(-c5ccc(-c6ccccn6)cc5)cc4N(c4ccccc4)c4cccc2c43)cc1. The molecule has 0 unspecified atom stereocenters. The number of rotatable bonds is 4. The average molecular weight is 574 g/mol. The van der Waals surface area contributed by atoms with E-state index in [2.05, 4.69) is 166 Å². The minimum absolute atomic E-state index is 0.114. The zero-order valence-corrected chi connectivity index (χ0v) is 24.6. The van der Waals surface area contributed by atoms with Crippen LogP contribution in [-0.2, 0) is 0 Å². The number of hydrogen-bond acceptors (Lipinski definition) is 3. The molecule has 0 N–H and O–H groups in total. The van der Waals surface area contributed by atoms with Crippen LogP contribution in [0.2, 0.25) is 0 Å². The average Bonchev–Trinajstić information content (AvgIpc) is 3.12. The number of para-hydroxylation sites is 3. The molecule has 7 aromatic rings. The summed E-state index contributed by atoms with van der Waals surface area (Å²) in [5, 5.41) is 0. The topological polar surface area (TPSA) is 19.4 Å². The molecular weight excluding hydrogens is 545 g/mol. The van der Waals surface area contributed by atoms with E-state index in [-0.39, 0.29) is 6.71 Å². The lowest BCUT2D eigenvalue weighted by Crippen LogP contribution is -2.61. The Morgan fingerprint density at radius 3 is 1.64 bits per heavy atom. The first-order valence-corrected chi connectivity index (χ1v) is 15.4. The molecule has 0 bridgehead atoms. The molecule has 3 nitrogen and oxygen atoms in total. The number of benzene rings is 6. The Hall–Kier alpha value is -5.87. The second-order valence-corrected chi connectivity index (χ2v) is 11.6. The third-order valence-corrected chi connectivity index (χ3v) is 9.11. The summed E-state index contributed by atoms with van der Waals surface area (Å²) >= 11 is 0. The molecule has 6 aromatic carbocycles. The van der Waals surface area contributed by atoms with Gasteiger partial charge in [0.05, 0.1) is 5.69 Å². The largest absolute Gasteiger partial charge is 0.311 e. The summed E-state index contributed by atoms with van der Waals surface area (Å²) < 4.78 is 0. The Morgan fingerprint density at radius 1 is 0.400 bits per heavy atom. The van der Waals surface area contributed by atoms with Gasteiger partial charge in [-0.2, -0.15) is 0 Å². The normalized spacial score (nSPS) is 12.8. The van der Waals surface area contributed by atoms with Gasteiger partial charge in [0.15, 0.2) is 0 Å². The Balaban J connectivity index is 1.26. The first kappa shape index (κ1) is 25.6. The van der Waals surface area contributed by atoms with Gasteiger partial charge in [0, 0.05) is 45.9 Å². The summed E-state index contributed by atoms with van der Waals surface area (Å²) in [6.45, 7) is 0.114. The monoisotopic (exact) mass is 573 g/mol. The molecule has 0 saturated heterocycles. The summed E-state index contributed by atoms with van der Waals surface area (Å²) in [7, 11) is 0. The lowest BCUT2D eigenvalue weighted by Gasteiger charge is -2.44. The van der Waals surface area contributed by atoms with E-state index in [4.69, 9.17) is 0 Å². The van der Waals surface area contributed by atoms with E-state index in [1.165, 1.54) is 56.0 Å². The molecule has 0 aliphatic carbocycles. The molecule has 9 rings (SSSR count). The van der Waals surface area contributed by atoms with Crippen LogP contribution in [0.15, 0.2) is 170 Å². The number of fused-ring (bicyclic) bond motifs is 4. The summed E-state index contributed by atoms with van der Waals surface area (Å²) in [6.07, 6.45) is 1.84. The van der Waals surface area contributed by atoms with Crippen LogP contribution in [0.1, 0.15) is 0 Å². The second-order valence-electron chi connectivity index (χ2n) is 11.6. The maximum absolute atomic E-state index is 4.54.